The van der Waals surface area contributed by atoms with E-state index in [4.69, 9.17) is 4.74 Å². The number of unbranched alkanes of at least 4 members (excludes halogenated alkanes) is 3. The van der Waals surface area contributed by atoms with Crippen LogP contribution >= 0.6 is 0 Å². The fraction of sp³-hybridized carbons (Fsp3) is 0.346. The fourth-order valence-electron chi connectivity index (χ4n) is 3.61. The Labute approximate surface area is 193 Å². The van der Waals surface area contributed by atoms with E-state index in [9.17, 15) is 19.5 Å². The molecule has 0 saturated carbocycles. The molecule has 0 atom stereocenters. The molecule has 1 aromatic heterocycles. The highest BCUT2D eigenvalue weighted by Gasteiger charge is 2.22. The maximum atomic E-state index is 13.2. The summed E-state index contributed by atoms with van der Waals surface area (Å²) in [6, 6.07) is 13.2. The second-order valence-electron chi connectivity index (χ2n) is 7.93. The van der Waals surface area contributed by atoms with Crippen molar-refractivity contribution in [1.29, 1.82) is 0 Å². The van der Waals surface area contributed by atoms with Gasteiger partial charge in [-0.05, 0) is 49.2 Å². The summed E-state index contributed by atoms with van der Waals surface area (Å²) >= 11 is 0. The van der Waals surface area contributed by atoms with Crippen LogP contribution in [0.4, 0.5) is 5.69 Å². The lowest BCUT2D eigenvalue weighted by atomic mass is 10.1. The normalized spacial score (nSPS) is 10.8. The molecule has 0 aliphatic carbocycles. The summed E-state index contributed by atoms with van der Waals surface area (Å²) in [5.41, 5.74) is 0.535. The molecule has 0 saturated heterocycles. The van der Waals surface area contributed by atoms with Crippen LogP contribution in [0.3, 0.4) is 0 Å². The molecule has 3 rings (SSSR count). The predicted octanol–water partition coefficient (Wildman–Crippen LogP) is 5.11. The van der Waals surface area contributed by atoms with Gasteiger partial charge in [0.15, 0.2) is 0 Å². The zero-order valence-electron chi connectivity index (χ0n) is 19.1. The van der Waals surface area contributed by atoms with Gasteiger partial charge in [-0.15, -0.1) is 0 Å². The van der Waals surface area contributed by atoms with Crippen LogP contribution in [-0.4, -0.2) is 28.2 Å². The molecule has 0 fully saturated rings. The number of nitrogens with one attached hydrogen (secondary N) is 1. The van der Waals surface area contributed by atoms with Crippen LogP contribution in [0.25, 0.3) is 10.9 Å². The number of carbonyl (C=O) groups is 2. The average molecular weight is 451 g/mol. The molecule has 0 radical (unpaired) electrons. The number of amides is 1. The smallest absolute Gasteiger partial charge is 0.338 e. The number of anilines is 1. The number of aromatic hydroxyl groups is 1. The molecular formula is C26H30N2O5. The Balaban J connectivity index is 1.86. The van der Waals surface area contributed by atoms with E-state index in [0.717, 1.165) is 32.1 Å². The molecule has 2 N–H and O–H groups in total. The summed E-state index contributed by atoms with van der Waals surface area (Å²) in [6.45, 7) is 4.91. The van der Waals surface area contributed by atoms with Gasteiger partial charge in [-0.2, -0.15) is 0 Å². The van der Waals surface area contributed by atoms with Crippen molar-refractivity contribution in [2.24, 2.45) is 0 Å². The molecule has 1 amide bonds. The number of nitrogens with zero attached hydrogens (tertiary/aromatic N) is 1. The van der Waals surface area contributed by atoms with E-state index in [1.54, 1.807) is 53.1 Å². The third-order valence-electron chi connectivity index (χ3n) is 5.47. The Hall–Kier alpha value is -3.61. The molecule has 0 aliphatic heterocycles. The van der Waals surface area contributed by atoms with Crippen LogP contribution in [0.1, 0.15) is 66.7 Å². The monoisotopic (exact) mass is 450 g/mol. The molecule has 2 aromatic carbocycles. The first-order valence-corrected chi connectivity index (χ1v) is 11.4. The van der Waals surface area contributed by atoms with Gasteiger partial charge in [0.1, 0.15) is 11.3 Å². The van der Waals surface area contributed by atoms with Crippen LogP contribution in [-0.2, 0) is 11.3 Å². The van der Waals surface area contributed by atoms with Crippen LogP contribution < -0.4 is 10.9 Å². The number of rotatable bonds is 10. The van der Waals surface area contributed by atoms with Crippen LogP contribution in [0.2, 0.25) is 0 Å². The number of aryl methyl sites for hydroxylation is 1. The summed E-state index contributed by atoms with van der Waals surface area (Å²) < 4.78 is 6.73. The summed E-state index contributed by atoms with van der Waals surface area (Å²) in [4.78, 5) is 38.2. The number of para-hydroxylation sites is 1. The van der Waals surface area contributed by atoms with Gasteiger partial charge < -0.3 is 19.7 Å². The van der Waals surface area contributed by atoms with Gasteiger partial charge in [0, 0.05) is 17.6 Å². The Morgan fingerprint density at radius 1 is 0.970 bits per heavy atom. The van der Waals surface area contributed by atoms with Gasteiger partial charge in [0.25, 0.3) is 11.5 Å². The van der Waals surface area contributed by atoms with Crippen molar-refractivity contribution in [2.45, 2.75) is 52.5 Å². The maximum Gasteiger partial charge on any atom is 0.338 e. The van der Waals surface area contributed by atoms with Crippen molar-refractivity contribution in [3.05, 3.63) is 70.0 Å². The SMILES string of the molecule is CCCCCn1c(=O)c(C(=O)Nc2ccc(C(=O)OCCCC)cc2)c(O)c2ccccc21. The third-order valence-corrected chi connectivity index (χ3v) is 5.47. The number of esters is 1. The van der Waals surface area contributed by atoms with E-state index in [0.29, 0.717) is 35.3 Å². The molecular weight excluding hydrogens is 420 g/mol. The van der Waals surface area contributed by atoms with Crippen LogP contribution in [0, 0.1) is 0 Å². The molecule has 174 valence electrons. The topological polar surface area (TPSA) is 97.6 Å². The highest BCUT2D eigenvalue weighted by atomic mass is 16.5. The number of carbonyl (C=O) groups excluding carboxylic acids is 2. The molecule has 0 unspecified atom stereocenters. The molecule has 7 nitrogen and oxygen atoms in total. The van der Waals surface area contributed by atoms with E-state index in [1.807, 2.05) is 6.92 Å². The summed E-state index contributed by atoms with van der Waals surface area (Å²) in [5, 5.41) is 13.9. The second kappa shape index (κ2) is 11.3. The highest BCUT2D eigenvalue weighted by Crippen LogP contribution is 2.27. The van der Waals surface area contributed by atoms with Crippen LogP contribution in [0.15, 0.2) is 53.3 Å². The molecule has 0 spiro atoms. The highest BCUT2D eigenvalue weighted by molar-refractivity contribution is 6.09. The molecule has 1 heterocycles. The molecule has 0 aliphatic rings. The first-order valence-electron chi connectivity index (χ1n) is 11.4. The van der Waals surface area contributed by atoms with Crippen molar-refractivity contribution in [2.75, 3.05) is 11.9 Å². The molecule has 0 bridgehead atoms. The largest absolute Gasteiger partial charge is 0.506 e. The zero-order chi connectivity index (χ0) is 23.8. The Kier molecular flexibility index (Phi) is 8.24. The molecule has 7 heteroatoms. The van der Waals surface area contributed by atoms with Crippen molar-refractivity contribution in [3.63, 3.8) is 0 Å². The number of ether oxygens (including phenoxy) is 1. The van der Waals surface area contributed by atoms with Gasteiger partial charge in [0.2, 0.25) is 0 Å². The van der Waals surface area contributed by atoms with E-state index in [-0.39, 0.29) is 11.3 Å². The number of fused-ring (bicyclic) bond motifs is 1. The van der Waals surface area contributed by atoms with Crippen LogP contribution in [0.5, 0.6) is 5.75 Å². The number of aromatic nitrogens is 1. The predicted molar refractivity (Wildman–Crippen MR) is 129 cm³/mol. The number of hydrogen-bond acceptors (Lipinski definition) is 5. The summed E-state index contributed by atoms with van der Waals surface area (Å²) in [6.07, 6.45) is 4.48. The Morgan fingerprint density at radius 3 is 2.36 bits per heavy atom. The maximum absolute atomic E-state index is 13.2. The van der Waals surface area contributed by atoms with Crippen molar-refractivity contribution in [3.8, 4) is 5.75 Å². The lowest BCUT2D eigenvalue weighted by Crippen LogP contribution is -2.30. The Morgan fingerprint density at radius 2 is 1.67 bits per heavy atom. The van der Waals surface area contributed by atoms with E-state index < -0.39 is 17.4 Å². The van der Waals surface area contributed by atoms with Gasteiger partial charge >= 0.3 is 5.97 Å². The van der Waals surface area contributed by atoms with E-state index in [2.05, 4.69) is 12.2 Å². The third kappa shape index (κ3) is 5.61. The van der Waals surface area contributed by atoms with Gasteiger partial charge in [-0.3, -0.25) is 9.59 Å². The minimum absolute atomic E-state index is 0.298. The first kappa shape index (κ1) is 24.0. The van der Waals surface area contributed by atoms with Crippen molar-refractivity contribution < 1.29 is 19.4 Å². The first-order chi connectivity index (χ1) is 16.0. The summed E-state index contributed by atoms with van der Waals surface area (Å²) in [5.74, 6) is -1.47. The van der Waals surface area contributed by atoms with Gasteiger partial charge in [-0.1, -0.05) is 45.2 Å². The van der Waals surface area contributed by atoms with Gasteiger partial charge in [-0.25, -0.2) is 4.79 Å². The average Bonchev–Trinajstić information content (AvgIpc) is 2.82. The quantitative estimate of drug-likeness (QED) is 0.331. The standard InChI is InChI=1S/C26H30N2O5/c1-3-5-9-16-28-21-11-8-7-10-20(21)23(29)22(25(28)31)24(30)27-19-14-12-18(13-15-19)26(32)33-17-6-4-2/h7-8,10-15,29H,3-6,9,16-17H2,1-2H3,(H,27,30). The van der Waals surface area contributed by atoms with Crippen molar-refractivity contribution >= 4 is 28.5 Å². The Bertz CT molecular complexity index is 1180. The molecule has 3 aromatic rings. The number of benzene rings is 2. The fourth-order valence-corrected chi connectivity index (χ4v) is 3.61. The van der Waals surface area contributed by atoms with Crippen molar-refractivity contribution in [1.82, 2.24) is 4.57 Å². The lowest BCUT2D eigenvalue weighted by molar-refractivity contribution is 0.0499. The van der Waals surface area contributed by atoms with E-state index in [1.165, 1.54) is 0 Å². The summed E-state index contributed by atoms with van der Waals surface area (Å²) in [7, 11) is 0. The molecule has 33 heavy (non-hydrogen) atoms. The minimum Gasteiger partial charge on any atom is -0.506 e. The zero-order valence-corrected chi connectivity index (χ0v) is 19.1. The minimum atomic E-state index is -0.703. The van der Waals surface area contributed by atoms with E-state index >= 15 is 0 Å². The lowest BCUT2D eigenvalue weighted by Gasteiger charge is -2.15. The van der Waals surface area contributed by atoms with Gasteiger partial charge in [0.05, 0.1) is 17.7 Å². The number of hydrogen-bond donors (Lipinski definition) is 2. The number of pyridine rings is 1. The second-order valence-corrected chi connectivity index (χ2v) is 7.93.